The van der Waals surface area contributed by atoms with Gasteiger partial charge in [0.05, 0.1) is 0 Å². The molecule has 0 aromatic carbocycles. The van der Waals surface area contributed by atoms with Crippen molar-refractivity contribution in [3.63, 3.8) is 0 Å². The molecule has 0 fully saturated rings. The van der Waals surface area contributed by atoms with E-state index in [-0.39, 0.29) is 0 Å². The second-order valence-corrected chi connectivity index (χ2v) is 6.63. The quantitative estimate of drug-likeness (QED) is 0.489. The summed E-state index contributed by atoms with van der Waals surface area (Å²) in [6, 6.07) is 0.712. The van der Waals surface area contributed by atoms with Gasteiger partial charge in [-0.25, -0.2) is 0 Å². The van der Waals surface area contributed by atoms with Gasteiger partial charge in [0.25, 0.3) is 0 Å². The van der Waals surface area contributed by atoms with E-state index in [2.05, 4.69) is 55.6 Å². The van der Waals surface area contributed by atoms with Gasteiger partial charge >= 0.3 is 0 Å². The lowest BCUT2D eigenvalue weighted by Crippen LogP contribution is -2.35. The minimum Gasteiger partial charge on any atom is -0.313 e. The van der Waals surface area contributed by atoms with Gasteiger partial charge in [-0.1, -0.05) is 76.0 Å². The van der Waals surface area contributed by atoms with Gasteiger partial charge in [0.2, 0.25) is 0 Å². The van der Waals surface area contributed by atoms with Crippen molar-refractivity contribution >= 4 is 22.6 Å². The Morgan fingerprint density at radius 1 is 1.07 bits per heavy atom. The van der Waals surface area contributed by atoms with Gasteiger partial charge in [0, 0.05) is 9.97 Å². The van der Waals surface area contributed by atoms with E-state index in [0.717, 1.165) is 16.4 Å². The van der Waals surface area contributed by atoms with E-state index >= 15 is 0 Å². The minimum atomic E-state index is 0.712. The maximum absolute atomic E-state index is 3.58. The van der Waals surface area contributed by atoms with Crippen molar-refractivity contribution in [1.29, 1.82) is 0 Å². The predicted octanol–water partition coefficient (Wildman–Crippen LogP) is 4.39. The Morgan fingerprint density at radius 3 is 2.20 bits per heavy atom. The number of hydrogen-bond donors (Lipinski definition) is 1. The Bertz CT molecular complexity index is 136. The van der Waals surface area contributed by atoms with Crippen LogP contribution in [0.4, 0.5) is 0 Å². The molecule has 0 bridgehead atoms. The van der Waals surface area contributed by atoms with Crippen molar-refractivity contribution in [2.75, 3.05) is 6.54 Å². The average Bonchev–Trinajstić information content (AvgIpc) is 2.16. The first kappa shape index (κ1) is 15.7. The second-order valence-electron chi connectivity index (χ2n) is 4.67. The molecule has 0 radical (unpaired) electrons. The van der Waals surface area contributed by atoms with Crippen LogP contribution in [-0.2, 0) is 0 Å². The fourth-order valence-corrected chi connectivity index (χ4v) is 2.69. The largest absolute Gasteiger partial charge is 0.313 e. The van der Waals surface area contributed by atoms with E-state index in [1.54, 1.807) is 0 Å². The van der Waals surface area contributed by atoms with Crippen molar-refractivity contribution in [2.24, 2.45) is 5.92 Å². The molecule has 1 unspecified atom stereocenters. The molecule has 2 heteroatoms. The molecule has 0 aromatic rings. The maximum Gasteiger partial charge on any atom is 0.0235 e. The van der Waals surface area contributed by atoms with E-state index in [9.17, 15) is 0 Å². The number of alkyl halides is 1. The van der Waals surface area contributed by atoms with Gasteiger partial charge in [-0.2, -0.15) is 0 Å². The van der Waals surface area contributed by atoms with Crippen LogP contribution >= 0.6 is 22.6 Å². The van der Waals surface area contributed by atoms with Gasteiger partial charge in [0.15, 0.2) is 0 Å². The van der Waals surface area contributed by atoms with Crippen LogP contribution in [0.15, 0.2) is 0 Å². The third-order valence-electron chi connectivity index (χ3n) is 3.01. The lowest BCUT2D eigenvalue weighted by molar-refractivity contribution is 0.418. The number of hydrogen-bond acceptors (Lipinski definition) is 1. The van der Waals surface area contributed by atoms with Crippen molar-refractivity contribution < 1.29 is 0 Å². The van der Waals surface area contributed by atoms with E-state index in [1.807, 2.05) is 0 Å². The molecule has 0 amide bonds. The zero-order chi connectivity index (χ0) is 11.7. The molecule has 92 valence electrons. The highest BCUT2D eigenvalue weighted by atomic mass is 127. The summed E-state index contributed by atoms with van der Waals surface area (Å²) in [5.41, 5.74) is 0. The fraction of sp³-hybridized carbons (Fsp3) is 1.00. The summed E-state index contributed by atoms with van der Waals surface area (Å²) in [6.07, 6.45) is 6.85. The van der Waals surface area contributed by atoms with E-state index < -0.39 is 0 Å². The van der Waals surface area contributed by atoms with Gasteiger partial charge < -0.3 is 5.32 Å². The van der Waals surface area contributed by atoms with E-state index in [0.29, 0.717) is 6.04 Å². The molecular weight excluding hydrogens is 297 g/mol. The molecule has 0 spiro atoms. The summed E-state index contributed by atoms with van der Waals surface area (Å²) >= 11 is 2.54. The number of rotatable bonds is 9. The summed E-state index contributed by atoms with van der Waals surface area (Å²) in [6.45, 7) is 10.3. The Morgan fingerprint density at radius 2 is 1.73 bits per heavy atom. The summed E-state index contributed by atoms with van der Waals surface area (Å²) in [5, 5.41) is 3.58. The summed E-state index contributed by atoms with van der Waals surface area (Å²) in [7, 11) is 0. The minimum absolute atomic E-state index is 0.712. The van der Waals surface area contributed by atoms with Crippen molar-refractivity contribution in [3.05, 3.63) is 0 Å². The SMILES string of the molecule is CCC[C@@H](C)CCC[C@@H](NCC)C(C)I. The zero-order valence-electron chi connectivity index (χ0n) is 10.9. The number of halogens is 1. The first-order valence-electron chi connectivity index (χ1n) is 6.49. The Balaban J connectivity index is 3.61. The highest BCUT2D eigenvalue weighted by molar-refractivity contribution is 14.1. The summed E-state index contributed by atoms with van der Waals surface area (Å²) in [5.74, 6) is 0.918. The third kappa shape index (κ3) is 8.49. The van der Waals surface area contributed by atoms with E-state index in [1.165, 1.54) is 32.1 Å². The first-order valence-corrected chi connectivity index (χ1v) is 7.73. The molecular formula is C13H28IN. The monoisotopic (exact) mass is 325 g/mol. The second kappa shape index (κ2) is 9.88. The standard InChI is InChI=1S/C13H28IN/c1-5-8-11(3)9-7-10-13(12(4)14)15-6-2/h11-13,15H,5-10H2,1-4H3/t11-,12?,13-/m1/s1. The molecule has 0 aliphatic rings. The van der Waals surface area contributed by atoms with Crippen LogP contribution in [0.25, 0.3) is 0 Å². The topological polar surface area (TPSA) is 12.0 Å². The highest BCUT2D eigenvalue weighted by Crippen LogP contribution is 2.17. The lowest BCUT2D eigenvalue weighted by atomic mass is 9.97. The molecule has 0 saturated heterocycles. The predicted molar refractivity (Wildman–Crippen MR) is 78.9 cm³/mol. The molecule has 0 rings (SSSR count). The molecule has 15 heavy (non-hydrogen) atoms. The van der Waals surface area contributed by atoms with Gasteiger partial charge in [0.1, 0.15) is 0 Å². The first-order chi connectivity index (χ1) is 7.11. The van der Waals surface area contributed by atoms with Gasteiger partial charge in [-0.15, -0.1) is 0 Å². The molecule has 0 heterocycles. The number of nitrogens with one attached hydrogen (secondary N) is 1. The van der Waals surface area contributed by atoms with Gasteiger partial charge in [-0.3, -0.25) is 0 Å². The average molecular weight is 325 g/mol. The highest BCUT2D eigenvalue weighted by Gasteiger charge is 2.13. The van der Waals surface area contributed by atoms with Crippen LogP contribution in [0.5, 0.6) is 0 Å². The smallest absolute Gasteiger partial charge is 0.0235 e. The molecule has 3 atom stereocenters. The maximum atomic E-state index is 3.58. The molecule has 0 saturated carbocycles. The van der Waals surface area contributed by atoms with Crippen LogP contribution in [0.3, 0.4) is 0 Å². The Kier molecular flexibility index (Phi) is 10.3. The third-order valence-corrected chi connectivity index (χ3v) is 3.88. The van der Waals surface area contributed by atoms with Crippen LogP contribution < -0.4 is 5.32 Å². The van der Waals surface area contributed by atoms with Crippen molar-refractivity contribution in [2.45, 2.75) is 69.8 Å². The lowest BCUT2D eigenvalue weighted by Gasteiger charge is -2.21. The molecule has 1 nitrogen and oxygen atoms in total. The van der Waals surface area contributed by atoms with Crippen LogP contribution in [0, 0.1) is 5.92 Å². The Labute approximate surface area is 110 Å². The van der Waals surface area contributed by atoms with Crippen LogP contribution in [0.1, 0.15) is 59.8 Å². The van der Waals surface area contributed by atoms with E-state index in [4.69, 9.17) is 0 Å². The van der Waals surface area contributed by atoms with Crippen molar-refractivity contribution in [1.82, 2.24) is 5.32 Å². The zero-order valence-corrected chi connectivity index (χ0v) is 13.0. The van der Waals surface area contributed by atoms with Crippen LogP contribution in [0.2, 0.25) is 0 Å². The molecule has 0 aliphatic heterocycles. The van der Waals surface area contributed by atoms with Gasteiger partial charge in [-0.05, 0) is 18.9 Å². The normalized spacial score (nSPS) is 17.4. The fourth-order valence-electron chi connectivity index (χ4n) is 2.08. The van der Waals surface area contributed by atoms with Crippen molar-refractivity contribution in [3.8, 4) is 0 Å². The molecule has 0 aliphatic carbocycles. The molecule has 1 N–H and O–H groups in total. The van der Waals surface area contributed by atoms with Crippen LogP contribution in [-0.4, -0.2) is 16.5 Å². The summed E-state index contributed by atoms with van der Waals surface area (Å²) < 4.78 is 0.740. The Hall–Kier alpha value is 0.690. The summed E-state index contributed by atoms with van der Waals surface area (Å²) in [4.78, 5) is 0. The molecule has 0 aromatic heterocycles.